The van der Waals surface area contributed by atoms with E-state index in [1.54, 1.807) is 30.3 Å². The van der Waals surface area contributed by atoms with Crippen molar-refractivity contribution in [2.24, 2.45) is 0 Å². The van der Waals surface area contributed by atoms with Crippen LogP contribution in [0.5, 0.6) is 0 Å². The number of halogens is 1. The molecule has 2 N–H and O–H groups in total. The molecule has 0 aliphatic heterocycles. The molecule has 1 heterocycles. The number of hydrogen-bond acceptors (Lipinski definition) is 5. The van der Waals surface area contributed by atoms with Gasteiger partial charge >= 0.3 is 0 Å². The van der Waals surface area contributed by atoms with Crippen molar-refractivity contribution < 1.29 is 21.3 Å². The average molecular weight is 471 g/mol. The van der Waals surface area contributed by atoms with Gasteiger partial charge in [0.25, 0.3) is 10.0 Å². The maximum absolute atomic E-state index is 12.5. The minimum atomic E-state index is -3.88. The minimum absolute atomic E-state index is 0.0117. The highest BCUT2D eigenvalue weighted by Gasteiger charge is 2.19. The van der Waals surface area contributed by atoms with Gasteiger partial charge in [-0.1, -0.05) is 18.2 Å². The van der Waals surface area contributed by atoms with Gasteiger partial charge in [-0.3, -0.25) is 4.72 Å². The van der Waals surface area contributed by atoms with Crippen molar-refractivity contribution in [3.63, 3.8) is 0 Å². The van der Waals surface area contributed by atoms with Crippen LogP contribution >= 0.6 is 15.9 Å². The minimum Gasteiger partial charge on any atom is -0.468 e. The Morgan fingerprint density at radius 3 is 2.37 bits per heavy atom. The van der Waals surface area contributed by atoms with Crippen molar-refractivity contribution >= 4 is 41.7 Å². The Bertz CT molecular complexity index is 1140. The van der Waals surface area contributed by atoms with Crippen LogP contribution < -0.4 is 9.44 Å². The van der Waals surface area contributed by atoms with E-state index in [-0.39, 0.29) is 22.0 Å². The molecule has 0 saturated heterocycles. The fourth-order valence-electron chi connectivity index (χ4n) is 2.26. The van der Waals surface area contributed by atoms with E-state index in [0.29, 0.717) is 10.2 Å². The van der Waals surface area contributed by atoms with Gasteiger partial charge in [0.15, 0.2) is 0 Å². The van der Waals surface area contributed by atoms with E-state index in [2.05, 4.69) is 25.4 Å². The van der Waals surface area contributed by atoms with Crippen LogP contribution in [0.25, 0.3) is 0 Å². The van der Waals surface area contributed by atoms with Gasteiger partial charge in [-0.2, -0.15) is 0 Å². The Hall–Kier alpha value is -2.14. The first-order valence-corrected chi connectivity index (χ1v) is 11.4. The third-order valence-corrected chi connectivity index (χ3v) is 7.33. The second kappa shape index (κ2) is 7.85. The summed E-state index contributed by atoms with van der Waals surface area (Å²) in [7, 11) is -7.72. The summed E-state index contributed by atoms with van der Waals surface area (Å²) in [4.78, 5) is -0.0180. The monoisotopic (exact) mass is 470 g/mol. The summed E-state index contributed by atoms with van der Waals surface area (Å²) < 4.78 is 60.2. The van der Waals surface area contributed by atoms with E-state index < -0.39 is 20.0 Å². The second-order valence-electron chi connectivity index (χ2n) is 5.47. The Labute approximate surface area is 165 Å². The maximum Gasteiger partial charge on any atom is 0.263 e. The molecule has 0 amide bonds. The van der Waals surface area contributed by atoms with E-state index in [4.69, 9.17) is 4.42 Å². The topological polar surface area (TPSA) is 105 Å². The number of furan rings is 1. The van der Waals surface area contributed by atoms with Crippen molar-refractivity contribution in [1.82, 2.24) is 4.72 Å². The third-order valence-electron chi connectivity index (χ3n) is 3.54. The zero-order valence-corrected chi connectivity index (χ0v) is 17.0. The molecule has 1 aromatic heterocycles. The van der Waals surface area contributed by atoms with Crippen molar-refractivity contribution in [3.8, 4) is 0 Å². The van der Waals surface area contributed by atoms with E-state index in [1.165, 1.54) is 36.6 Å². The molecule has 27 heavy (non-hydrogen) atoms. The Balaban J connectivity index is 1.82. The molecular weight excluding hydrogens is 456 g/mol. The quantitative estimate of drug-likeness (QED) is 0.550. The van der Waals surface area contributed by atoms with Gasteiger partial charge in [-0.25, -0.2) is 21.6 Å². The van der Waals surface area contributed by atoms with Crippen LogP contribution in [-0.4, -0.2) is 16.8 Å². The van der Waals surface area contributed by atoms with Crippen LogP contribution in [0.4, 0.5) is 5.69 Å². The normalized spacial score (nSPS) is 12.0. The third kappa shape index (κ3) is 4.78. The van der Waals surface area contributed by atoms with Crippen molar-refractivity contribution in [1.29, 1.82) is 0 Å². The Morgan fingerprint density at radius 2 is 1.67 bits per heavy atom. The van der Waals surface area contributed by atoms with Gasteiger partial charge in [0.05, 0.1) is 23.4 Å². The molecule has 2 aromatic carbocycles. The molecule has 10 heteroatoms. The lowest BCUT2D eigenvalue weighted by Crippen LogP contribution is -2.23. The molecule has 7 nitrogen and oxygen atoms in total. The van der Waals surface area contributed by atoms with E-state index in [0.717, 1.165) is 0 Å². The van der Waals surface area contributed by atoms with E-state index in [1.807, 2.05) is 0 Å². The van der Waals surface area contributed by atoms with Gasteiger partial charge in [0, 0.05) is 4.47 Å². The number of anilines is 1. The average Bonchev–Trinajstić information content (AvgIpc) is 3.14. The summed E-state index contributed by atoms with van der Waals surface area (Å²) in [6.07, 6.45) is 1.45. The van der Waals surface area contributed by atoms with Gasteiger partial charge in [-0.15, -0.1) is 0 Å². The largest absolute Gasteiger partial charge is 0.468 e. The SMILES string of the molecule is O=S(=O)(NCc1ccco1)c1cccc(NS(=O)(=O)c2ccccc2Br)c1. The summed E-state index contributed by atoms with van der Waals surface area (Å²) >= 11 is 3.20. The highest BCUT2D eigenvalue weighted by atomic mass is 79.9. The Kier molecular flexibility index (Phi) is 5.70. The molecule has 0 bridgehead atoms. The first-order valence-electron chi connectivity index (χ1n) is 7.67. The number of hydrogen-bond donors (Lipinski definition) is 2. The predicted octanol–water partition coefficient (Wildman–Crippen LogP) is 3.32. The zero-order valence-electron chi connectivity index (χ0n) is 13.8. The maximum atomic E-state index is 12.5. The number of sulfonamides is 2. The first kappa shape index (κ1) is 19.6. The molecule has 0 spiro atoms. The zero-order chi connectivity index (χ0) is 19.5. The number of rotatable bonds is 7. The van der Waals surface area contributed by atoms with Crippen molar-refractivity contribution in [3.05, 3.63) is 77.2 Å². The van der Waals surface area contributed by atoms with Gasteiger partial charge in [0.1, 0.15) is 10.7 Å². The smallest absolute Gasteiger partial charge is 0.263 e. The summed E-state index contributed by atoms with van der Waals surface area (Å²) in [5.41, 5.74) is 0.131. The van der Waals surface area contributed by atoms with E-state index >= 15 is 0 Å². The molecule has 142 valence electrons. The summed E-state index contributed by atoms with van der Waals surface area (Å²) in [6, 6.07) is 15.2. The summed E-state index contributed by atoms with van der Waals surface area (Å²) in [6.45, 7) is -0.0117. The van der Waals surface area contributed by atoms with Crippen LogP contribution in [0.2, 0.25) is 0 Å². The molecule has 0 unspecified atom stereocenters. The van der Waals surface area contributed by atoms with Crippen LogP contribution in [0.3, 0.4) is 0 Å². The van der Waals surface area contributed by atoms with Gasteiger partial charge in [0.2, 0.25) is 10.0 Å². The fraction of sp³-hybridized carbons (Fsp3) is 0.0588. The first-order chi connectivity index (χ1) is 12.8. The number of nitrogens with one attached hydrogen (secondary N) is 2. The van der Waals surface area contributed by atoms with Crippen LogP contribution in [0, 0.1) is 0 Å². The highest BCUT2D eigenvalue weighted by molar-refractivity contribution is 9.10. The van der Waals surface area contributed by atoms with Crippen molar-refractivity contribution in [2.75, 3.05) is 4.72 Å². The standard InChI is InChI=1S/C17H15BrN2O5S2/c18-16-8-1-2-9-17(16)27(23,24)20-13-5-3-7-15(11-13)26(21,22)19-12-14-6-4-10-25-14/h1-11,19-20H,12H2. The molecule has 3 rings (SSSR count). The lowest BCUT2D eigenvalue weighted by atomic mass is 10.3. The molecule has 0 aliphatic carbocycles. The number of benzene rings is 2. The van der Waals surface area contributed by atoms with Gasteiger partial charge in [-0.05, 0) is 58.4 Å². The molecule has 0 radical (unpaired) electrons. The predicted molar refractivity (Wildman–Crippen MR) is 104 cm³/mol. The van der Waals surface area contributed by atoms with Crippen LogP contribution in [-0.2, 0) is 26.6 Å². The molecule has 0 atom stereocenters. The van der Waals surface area contributed by atoms with Crippen LogP contribution in [0.1, 0.15) is 5.76 Å². The summed E-state index contributed by atoms with van der Waals surface area (Å²) in [5, 5.41) is 0. The highest BCUT2D eigenvalue weighted by Crippen LogP contribution is 2.24. The Morgan fingerprint density at radius 1 is 0.889 bits per heavy atom. The molecular formula is C17H15BrN2O5S2. The molecule has 0 fully saturated rings. The summed E-state index contributed by atoms with van der Waals surface area (Å²) in [5.74, 6) is 0.462. The van der Waals surface area contributed by atoms with Crippen LogP contribution in [0.15, 0.2) is 85.6 Å². The van der Waals surface area contributed by atoms with Gasteiger partial charge < -0.3 is 4.42 Å². The molecule has 0 aliphatic rings. The van der Waals surface area contributed by atoms with Crippen molar-refractivity contribution in [2.45, 2.75) is 16.3 Å². The second-order valence-corrected chi connectivity index (χ2v) is 9.74. The lowest BCUT2D eigenvalue weighted by Gasteiger charge is -2.11. The molecule has 0 saturated carbocycles. The van der Waals surface area contributed by atoms with E-state index in [9.17, 15) is 16.8 Å². The lowest BCUT2D eigenvalue weighted by molar-refractivity contribution is 0.498. The molecule has 3 aromatic rings. The fourth-order valence-corrected chi connectivity index (χ4v) is 5.35.